The maximum atomic E-state index is 6.09. The SMILES string of the molecule is CCOC[C@@H](C)[Si](C)(C)O[SiH](C)C. The molecule has 0 aromatic heterocycles. The molecule has 0 aromatic carbocycles. The number of ether oxygens (including phenoxy) is 1. The molecule has 0 fully saturated rings. The molecule has 0 heterocycles. The zero-order chi connectivity index (χ0) is 10.5. The molecule has 0 N–H and O–H groups in total. The van der Waals surface area contributed by atoms with Gasteiger partial charge in [-0.3, -0.25) is 0 Å². The molecule has 0 spiro atoms. The molecular formula is C9H24O2Si2. The highest BCUT2D eigenvalue weighted by molar-refractivity contribution is 6.78. The van der Waals surface area contributed by atoms with Gasteiger partial charge in [0, 0.05) is 13.2 Å². The van der Waals surface area contributed by atoms with Crippen molar-refractivity contribution in [3.05, 3.63) is 0 Å². The van der Waals surface area contributed by atoms with E-state index in [-0.39, 0.29) is 0 Å². The lowest BCUT2D eigenvalue weighted by Gasteiger charge is -2.31. The third-order valence-electron chi connectivity index (χ3n) is 2.30. The van der Waals surface area contributed by atoms with Gasteiger partial charge in [0.2, 0.25) is 0 Å². The van der Waals surface area contributed by atoms with Gasteiger partial charge in [0.15, 0.2) is 17.4 Å². The summed E-state index contributed by atoms with van der Waals surface area (Å²) in [5.41, 5.74) is 0.599. The van der Waals surface area contributed by atoms with Crippen LogP contribution in [0, 0.1) is 0 Å². The minimum absolute atomic E-state index is 0.599. The molecule has 0 amide bonds. The minimum Gasteiger partial charge on any atom is -0.458 e. The lowest BCUT2D eigenvalue weighted by atomic mass is 10.5. The van der Waals surface area contributed by atoms with Crippen LogP contribution < -0.4 is 0 Å². The van der Waals surface area contributed by atoms with E-state index in [0.29, 0.717) is 5.54 Å². The Morgan fingerprint density at radius 2 is 1.85 bits per heavy atom. The molecule has 13 heavy (non-hydrogen) atoms. The second kappa shape index (κ2) is 5.95. The zero-order valence-corrected chi connectivity index (χ0v) is 12.0. The van der Waals surface area contributed by atoms with E-state index in [1.165, 1.54) is 0 Å². The van der Waals surface area contributed by atoms with Gasteiger partial charge in [-0.25, -0.2) is 0 Å². The maximum Gasteiger partial charge on any atom is 0.178 e. The Hall–Kier alpha value is 0.354. The molecule has 2 nitrogen and oxygen atoms in total. The van der Waals surface area contributed by atoms with Crippen LogP contribution in [0.3, 0.4) is 0 Å². The molecule has 0 radical (unpaired) electrons. The molecule has 1 atom stereocenters. The summed E-state index contributed by atoms with van der Waals surface area (Å²) in [6.07, 6.45) is 0. The van der Waals surface area contributed by atoms with Crippen LogP contribution in [0.4, 0.5) is 0 Å². The average Bonchev–Trinajstić information content (AvgIpc) is 1.97. The molecule has 0 bridgehead atoms. The highest BCUT2D eigenvalue weighted by Crippen LogP contribution is 2.23. The molecule has 0 saturated heterocycles. The summed E-state index contributed by atoms with van der Waals surface area (Å²) in [7, 11) is -2.35. The van der Waals surface area contributed by atoms with Crippen LogP contribution in [0.1, 0.15) is 13.8 Å². The minimum atomic E-state index is -1.47. The van der Waals surface area contributed by atoms with Gasteiger partial charge in [0.1, 0.15) is 0 Å². The number of hydrogen-bond acceptors (Lipinski definition) is 2. The Bertz CT molecular complexity index is 138. The summed E-state index contributed by atoms with van der Waals surface area (Å²) in [4.78, 5) is 0. The summed E-state index contributed by atoms with van der Waals surface area (Å²) in [6, 6.07) is 0. The van der Waals surface area contributed by atoms with E-state index < -0.39 is 17.4 Å². The van der Waals surface area contributed by atoms with Gasteiger partial charge in [-0.05, 0) is 38.7 Å². The average molecular weight is 220 g/mol. The van der Waals surface area contributed by atoms with Crippen molar-refractivity contribution in [2.45, 2.75) is 45.6 Å². The Morgan fingerprint density at radius 3 is 2.23 bits per heavy atom. The summed E-state index contributed by atoms with van der Waals surface area (Å²) >= 11 is 0. The van der Waals surface area contributed by atoms with Gasteiger partial charge in [-0.2, -0.15) is 0 Å². The van der Waals surface area contributed by atoms with Crippen LogP contribution in [0.5, 0.6) is 0 Å². The molecule has 0 rings (SSSR count). The van der Waals surface area contributed by atoms with Gasteiger partial charge in [0.05, 0.1) is 0 Å². The van der Waals surface area contributed by atoms with E-state index in [2.05, 4.69) is 33.1 Å². The van der Waals surface area contributed by atoms with Gasteiger partial charge in [0.25, 0.3) is 0 Å². The highest BCUT2D eigenvalue weighted by atomic mass is 28.4. The second-order valence-electron chi connectivity index (χ2n) is 4.33. The first-order valence-corrected chi connectivity index (χ1v) is 10.9. The summed E-state index contributed by atoms with van der Waals surface area (Å²) in [6.45, 7) is 15.0. The smallest absolute Gasteiger partial charge is 0.178 e. The van der Waals surface area contributed by atoms with Gasteiger partial charge in [-0.1, -0.05) is 6.92 Å². The van der Waals surface area contributed by atoms with E-state index in [0.717, 1.165) is 13.2 Å². The van der Waals surface area contributed by atoms with Crippen molar-refractivity contribution >= 4 is 17.4 Å². The standard InChI is InChI=1S/C9H24O2Si2/c1-7-10-8-9(2)13(5,6)11-12(3)4/h9,12H,7-8H2,1-6H3/t9-/m1/s1. The van der Waals surface area contributed by atoms with Crippen molar-refractivity contribution in [2.75, 3.05) is 13.2 Å². The van der Waals surface area contributed by atoms with Crippen LogP contribution in [0.25, 0.3) is 0 Å². The first-order valence-electron chi connectivity index (χ1n) is 5.15. The highest BCUT2D eigenvalue weighted by Gasteiger charge is 2.30. The summed E-state index contributed by atoms with van der Waals surface area (Å²) in [5, 5.41) is 0. The van der Waals surface area contributed by atoms with Crippen molar-refractivity contribution in [1.82, 2.24) is 0 Å². The first-order chi connectivity index (χ1) is 5.90. The van der Waals surface area contributed by atoms with Crippen molar-refractivity contribution in [3.8, 4) is 0 Å². The zero-order valence-electron chi connectivity index (χ0n) is 9.89. The normalized spacial score (nSPS) is 15.0. The molecule has 0 aliphatic heterocycles. The second-order valence-corrected chi connectivity index (χ2v) is 11.6. The van der Waals surface area contributed by atoms with E-state index >= 15 is 0 Å². The van der Waals surface area contributed by atoms with Crippen LogP contribution in [0.15, 0.2) is 0 Å². The Morgan fingerprint density at radius 1 is 1.31 bits per heavy atom. The molecule has 0 saturated carbocycles. The third-order valence-corrected chi connectivity index (χ3v) is 9.15. The quantitative estimate of drug-likeness (QED) is 0.641. The molecule has 0 aliphatic carbocycles. The van der Waals surface area contributed by atoms with Crippen LogP contribution in [-0.4, -0.2) is 30.6 Å². The fraction of sp³-hybridized carbons (Fsp3) is 1.00. The van der Waals surface area contributed by atoms with E-state index in [1.54, 1.807) is 0 Å². The maximum absolute atomic E-state index is 6.09. The number of hydrogen-bond donors (Lipinski definition) is 0. The van der Waals surface area contributed by atoms with Crippen LogP contribution in [0.2, 0.25) is 31.7 Å². The largest absolute Gasteiger partial charge is 0.458 e. The predicted octanol–water partition coefficient (Wildman–Crippen LogP) is 2.62. The van der Waals surface area contributed by atoms with E-state index in [9.17, 15) is 0 Å². The van der Waals surface area contributed by atoms with Gasteiger partial charge < -0.3 is 8.85 Å². The van der Waals surface area contributed by atoms with Crippen molar-refractivity contribution in [3.63, 3.8) is 0 Å². The predicted molar refractivity (Wildman–Crippen MR) is 63.4 cm³/mol. The molecule has 0 aliphatic rings. The van der Waals surface area contributed by atoms with Gasteiger partial charge in [-0.15, -0.1) is 0 Å². The molecule has 0 aromatic rings. The Kier molecular flexibility index (Phi) is 6.12. The van der Waals surface area contributed by atoms with Crippen molar-refractivity contribution in [2.24, 2.45) is 0 Å². The van der Waals surface area contributed by atoms with Crippen LogP contribution >= 0.6 is 0 Å². The molecular weight excluding hydrogens is 196 g/mol. The van der Waals surface area contributed by atoms with Crippen LogP contribution in [-0.2, 0) is 8.85 Å². The van der Waals surface area contributed by atoms with E-state index in [1.807, 2.05) is 6.92 Å². The molecule has 80 valence electrons. The summed E-state index contributed by atoms with van der Waals surface area (Å²) < 4.78 is 11.5. The lowest BCUT2D eigenvalue weighted by molar-refractivity contribution is 0.144. The Balaban J connectivity index is 3.94. The molecule has 0 unspecified atom stereocenters. The molecule has 4 heteroatoms. The van der Waals surface area contributed by atoms with Gasteiger partial charge >= 0.3 is 0 Å². The third kappa shape index (κ3) is 5.62. The topological polar surface area (TPSA) is 18.5 Å². The number of rotatable bonds is 6. The monoisotopic (exact) mass is 220 g/mol. The fourth-order valence-electron chi connectivity index (χ4n) is 1.22. The summed E-state index contributed by atoms with van der Waals surface area (Å²) in [5.74, 6) is 0. The fourth-order valence-corrected chi connectivity index (χ4v) is 7.53. The lowest BCUT2D eigenvalue weighted by Crippen LogP contribution is -2.41. The first kappa shape index (κ1) is 13.4. The van der Waals surface area contributed by atoms with Crippen molar-refractivity contribution in [1.29, 1.82) is 0 Å². The Labute approximate surface area is 85.5 Å². The van der Waals surface area contributed by atoms with E-state index in [4.69, 9.17) is 8.85 Å². The van der Waals surface area contributed by atoms with Crippen molar-refractivity contribution < 1.29 is 8.85 Å².